The van der Waals surface area contributed by atoms with Crippen LogP contribution in [0.25, 0.3) is 6.08 Å². The number of fused-ring (bicyclic) bond motifs is 5. The Bertz CT molecular complexity index is 1170. The molecule has 0 heterocycles. The van der Waals surface area contributed by atoms with Gasteiger partial charge in [-0.1, -0.05) is 52.8 Å². The smallest absolute Gasteiger partial charge is 0.331 e. The number of carbonyl (C=O) groups is 1. The molecule has 0 aromatic heterocycles. The molecule has 1 aromatic carbocycles. The highest BCUT2D eigenvalue weighted by Crippen LogP contribution is 2.68. The van der Waals surface area contributed by atoms with Gasteiger partial charge in [0.1, 0.15) is 6.10 Å². The summed E-state index contributed by atoms with van der Waals surface area (Å²) < 4.78 is 11.2. The molecule has 9 atom stereocenters. The maximum absolute atomic E-state index is 12.7. The topological polar surface area (TPSA) is 55.8 Å². The van der Waals surface area contributed by atoms with Gasteiger partial charge in [-0.15, -0.1) is 0 Å². The number of aromatic hydroxyl groups is 1. The van der Waals surface area contributed by atoms with E-state index in [2.05, 4.69) is 41.2 Å². The molecule has 0 radical (unpaired) electrons. The SMILES string of the molecule is C=C(CC[C@@H](C)[C@H]1CC[C@H]2[C@@H]3CCC4CC(OC(=O)C=Cc5ccc(O)c(OC)c5)CC[C@]4(C)[C@H]3CC[C@]12C)C(C)C. The summed E-state index contributed by atoms with van der Waals surface area (Å²) in [5.74, 6) is 5.68. The highest BCUT2D eigenvalue weighted by atomic mass is 16.5. The fourth-order valence-electron chi connectivity index (χ4n) is 10.4. The third-order valence-electron chi connectivity index (χ3n) is 13.0. The largest absolute Gasteiger partial charge is 0.504 e. The minimum absolute atomic E-state index is 0.0114. The van der Waals surface area contributed by atoms with Crippen LogP contribution in [0.3, 0.4) is 0 Å². The monoisotopic (exact) mass is 576 g/mol. The predicted octanol–water partition coefficient (Wildman–Crippen LogP) is 9.61. The molecule has 4 nitrogen and oxygen atoms in total. The molecule has 42 heavy (non-hydrogen) atoms. The van der Waals surface area contributed by atoms with Crippen LogP contribution >= 0.6 is 0 Å². The average Bonchev–Trinajstić information content (AvgIpc) is 3.32. The zero-order valence-electron chi connectivity index (χ0n) is 27.2. The van der Waals surface area contributed by atoms with E-state index in [4.69, 9.17) is 9.47 Å². The second kappa shape index (κ2) is 12.4. The Hall–Kier alpha value is -2.23. The van der Waals surface area contributed by atoms with Crippen molar-refractivity contribution < 1.29 is 19.4 Å². The van der Waals surface area contributed by atoms with Crippen LogP contribution in [0.1, 0.15) is 111 Å². The van der Waals surface area contributed by atoms with Gasteiger partial charge < -0.3 is 14.6 Å². The third-order valence-corrected chi connectivity index (χ3v) is 13.0. The maximum atomic E-state index is 12.7. The van der Waals surface area contributed by atoms with Crippen LogP contribution < -0.4 is 4.74 Å². The number of hydrogen-bond donors (Lipinski definition) is 1. The summed E-state index contributed by atoms with van der Waals surface area (Å²) >= 11 is 0. The van der Waals surface area contributed by atoms with E-state index in [1.165, 1.54) is 76.5 Å². The second-order valence-electron chi connectivity index (χ2n) is 15.3. The van der Waals surface area contributed by atoms with Crippen LogP contribution in [-0.2, 0) is 9.53 Å². The van der Waals surface area contributed by atoms with Crippen LogP contribution in [0, 0.1) is 52.3 Å². The summed E-state index contributed by atoms with van der Waals surface area (Å²) in [7, 11) is 1.52. The summed E-state index contributed by atoms with van der Waals surface area (Å²) in [6, 6.07) is 5.06. The summed E-state index contributed by atoms with van der Waals surface area (Å²) in [6.45, 7) is 16.7. The lowest BCUT2D eigenvalue weighted by Gasteiger charge is -2.61. The van der Waals surface area contributed by atoms with Gasteiger partial charge in [0.25, 0.3) is 0 Å². The Labute approximate surface area is 255 Å². The van der Waals surface area contributed by atoms with Crippen LogP contribution in [0.5, 0.6) is 11.5 Å². The molecule has 5 rings (SSSR count). The van der Waals surface area contributed by atoms with Crippen molar-refractivity contribution in [3.05, 3.63) is 42.0 Å². The molecule has 4 aliphatic carbocycles. The molecule has 0 aliphatic heterocycles. The number of phenolic OH excluding ortho intramolecular Hbond substituents is 1. The van der Waals surface area contributed by atoms with Crippen molar-refractivity contribution in [3.8, 4) is 11.5 Å². The Morgan fingerprint density at radius 1 is 1.05 bits per heavy atom. The van der Waals surface area contributed by atoms with Crippen molar-refractivity contribution in [2.75, 3.05) is 7.11 Å². The van der Waals surface area contributed by atoms with E-state index < -0.39 is 0 Å². The number of allylic oxidation sites excluding steroid dienone is 1. The van der Waals surface area contributed by atoms with Crippen molar-refractivity contribution in [2.45, 2.75) is 111 Å². The Morgan fingerprint density at radius 2 is 1.79 bits per heavy atom. The molecule has 4 aliphatic rings. The summed E-state index contributed by atoms with van der Waals surface area (Å²) in [5.41, 5.74) is 3.10. The zero-order valence-corrected chi connectivity index (χ0v) is 27.2. The lowest BCUT2D eigenvalue weighted by Crippen LogP contribution is -2.54. The van der Waals surface area contributed by atoms with E-state index in [9.17, 15) is 9.90 Å². The number of esters is 1. The van der Waals surface area contributed by atoms with Crippen molar-refractivity contribution in [3.63, 3.8) is 0 Å². The molecular weight excluding hydrogens is 520 g/mol. The van der Waals surface area contributed by atoms with Crippen LogP contribution in [0.2, 0.25) is 0 Å². The fourth-order valence-corrected chi connectivity index (χ4v) is 10.4. The van der Waals surface area contributed by atoms with E-state index in [-0.39, 0.29) is 17.8 Å². The highest BCUT2D eigenvalue weighted by molar-refractivity contribution is 5.87. The molecule has 0 spiro atoms. The van der Waals surface area contributed by atoms with Gasteiger partial charge in [0.05, 0.1) is 7.11 Å². The van der Waals surface area contributed by atoms with E-state index in [0.717, 1.165) is 48.0 Å². The molecule has 4 heteroatoms. The Morgan fingerprint density at radius 3 is 2.52 bits per heavy atom. The lowest BCUT2D eigenvalue weighted by atomic mass is 9.44. The first kappa shape index (κ1) is 31.2. The molecule has 4 fully saturated rings. The van der Waals surface area contributed by atoms with Gasteiger partial charge in [0, 0.05) is 6.08 Å². The summed E-state index contributed by atoms with van der Waals surface area (Å²) in [6.07, 6.45) is 17.2. The molecule has 0 amide bonds. The number of benzene rings is 1. The van der Waals surface area contributed by atoms with E-state index >= 15 is 0 Å². The average molecular weight is 577 g/mol. The second-order valence-corrected chi connectivity index (χ2v) is 15.3. The van der Waals surface area contributed by atoms with Gasteiger partial charge >= 0.3 is 5.97 Å². The first-order valence-corrected chi connectivity index (χ1v) is 16.9. The first-order chi connectivity index (χ1) is 20.0. The predicted molar refractivity (Wildman–Crippen MR) is 171 cm³/mol. The number of hydrogen-bond acceptors (Lipinski definition) is 4. The van der Waals surface area contributed by atoms with Gasteiger partial charge in [-0.05, 0) is 147 Å². The fraction of sp³-hybridized carbons (Fsp3) is 0.711. The van der Waals surface area contributed by atoms with Gasteiger partial charge in [0.15, 0.2) is 11.5 Å². The Kier molecular flexibility index (Phi) is 9.22. The van der Waals surface area contributed by atoms with E-state index in [1.54, 1.807) is 24.3 Å². The molecule has 2 unspecified atom stereocenters. The van der Waals surface area contributed by atoms with E-state index in [1.807, 2.05) is 0 Å². The normalized spacial score (nSPS) is 36.6. The molecular formula is C38H56O4. The van der Waals surface area contributed by atoms with Crippen LogP contribution in [-0.4, -0.2) is 24.3 Å². The van der Waals surface area contributed by atoms with Gasteiger partial charge in [-0.2, -0.15) is 0 Å². The molecule has 4 saturated carbocycles. The molecule has 0 saturated heterocycles. The minimum atomic E-state index is -0.277. The quantitative estimate of drug-likeness (QED) is 0.181. The first-order valence-electron chi connectivity index (χ1n) is 16.9. The number of methoxy groups -OCH3 is 1. The molecule has 232 valence electrons. The molecule has 0 bridgehead atoms. The van der Waals surface area contributed by atoms with Crippen LogP contribution in [0.4, 0.5) is 0 Å². The van der Waals surface area contributed by atoms with Gasteiger partial charge in [-0.3, -0.25) is 0 Å². The molecule has 1 N–H and O–H groups in total. The van der Waals surface area contributed by atoms with Crippen molar-refractivity contribution in [1.82, 2.24) is 0 Å². The van der Waals surface area contributed by atoms with E-state index in [0.29, 0.717) is 28.4 Å². The van der Waals surface area contributed by atoms with Crippen LogP contribution in [0.15, 0.2) is 36.4 Å². The summed E-state index contributed by atoms with van der Waals surface area (Å²) in [4.78, 5) is 12.7. The maximum Gasteiger partial charge on any atom is 0.331 e. The molecule has 1 aromatic rings. The zero-order chi connectivity index (χ0) is 30.2. The third kappa shape index (κ3) is 5.93. The lowest BCUT2D eigenvalue weighted by molar-refractivity contribution is -0.157. The van der Waals surface area contributed by atoms with Crippen molar-refractivity contribution >= 4 is 12.0 Å². The van der Waals surface area contributed by atoms with Crippen molar-refractivity contribution in [1.29, 1.82) is 0 Å². The number of phenols is 1. The van der Waals surface area contributed by atoms with Gasteiger partial charge in [0.2, 0.25) is 0 Å². The summed E-state index contributed by atoms with van der Waals surface area (Å²) in [5, 5.41) is 9.82. The number of ether oxygens (including phenoxy) is 2. The van der Waals surface area contributed by atoms with Crippen molar-refractivity contribution in [2.24, 2.45) is 52.3 Å². The minimum Gasteiger partial charge on any atom is -0.504 e. The van der Waals surface area contributed by atoms with Gasteiger partial charge in [-0.25, -0.2) is 4.79 Å². The Balaban J connectivity index is 1.18. The number of rotatable bonds is 9. The standard InChI is InChI=1S/C38H56O4/c1-24(2)25(3)8-9-26(4)31-14-15-32-30-13-12-28-23-29(18-20-37(28,5)33(30)19-21-38(31,32)6)42-36(40)17-11-27-10-16-34(39)35(22-27)41-7/h10-11,16-17,22,24,26,28-33,39H,3,8-9,12-15,18-21,23H2,1-2,4-7H3/t26-,28?,29?,30+,31-,32+,33+,37+,38-/m1/s1. The highest BCUT2D eigenvalue weighted by Gasteiger charge is 2.60. The number of carbonyl (C=O) groups excluding carboxylic acids is 1.